The number of H-pyrrole nitrogens is 1. The molecule has 0 atom stereocenters. The molecule has 0 saturated heterocycles. The normalized spacial score (nSPS) is 11.5. The van der Waals surface area contributed by atoms with Crippen molar-refractivity contribution in [1.29, 1.82) is 0 Å². The number of aryl methyl sites for hydroxylation is 4. The summed E-state index contributed by atoms with van der Waals surface area (Å²) in [6.45, 7) is 10.2. The van der Waals surface area contributed by atoms with Gasteiger partial charge in [0.2, 0.25) is 5.88 Å². The minimum atomic E-state index is -0.714. The zero-order valence-electron chi connectivity index (χ0n) is 16.6. The van der Waals surface area contributed by atoms with Crippen molar-refractivity contribution in [2.24, 2.45) is 4.99 Å². The van der Waals surface area contributed by atoms with Crippen molar-refractivity contribution in [1.82, 2.24) is 19.3 Å². The smallest absolute Gasteiger partial charge is 0.335 e. The van der Waals surface area contributed by atoms with Crippen molar-refractivity contribution in [2.45, 2.75) is 41.2 Å². The largest absolute Gasteiger partial charge is 0.493 e. The van der Waals surface area contributed by atoms with Crippen molar-refractivity contribution in [3.05, 3.63) is 67.1 Å². The third-order valence-electron chi connectivity index (χ3n) is 4.84. The van der Waals surface area contributed by atoms with Crippen molar-refractivity contribution < 1.29 is 5.11 Å². The van der Waals surface area contributed by atoms with Crippen LogP contribution in [0.3, 0.4) is 0 Å². The minimum Gasteiger partial charge on any atom is -0.493 e. The van der Waals surface area contributed by atoms with Crippen molar-refractivity contribution in [2.75, 3.05) is 0 Å². The Labute approximate surface area is 161 Å². The van der Waals surface area contributed by atoms with Gasteiger partial charge in [0.1, 0.15) is 11.3 Å². The van der Waals surface area contributed by atoms with E-state index in [1.807, 2.05) is 45.4 Å². The highest BCUT2D eigenvalue weighted by Gasteiger charge is 2.16. The molecular weight excluding hydrogens is 358 g/mol. The Morgan fingerprint density at radius 3 is 2.50 bits per heavy atom. The molecule has 0 radical (unpaired) electrons. The van der Waals surface area contributed by atoms with Gasteiger partial charge in [-0.2, -0.15) is 5.10 Å². The van der Waals surface area contributed by atoms with Gasteiger partial charge in [0.05, 0.1) is 17.1 Å². The van der Waals surface area contributed by atoms with Gasteiger partial charge >= 0.3 is 5.69 Å². The molecule has 2 N–H and O–H groups in total. The third-order valence-corrected chi connectivity index (χ3v) is 4.84. The fourth-order valence-corrected chi connectivity index (χ4v) is 3.07. The fourth-order valence-electron chi connectivity index (χ4n) is 3.07. The second-order valence-electron chi connectivity index (χ2n) is 6.69. The number of rotatable bonds is 4. The van der Waals surface area contributed by atoms with Crippen molar-refractivity contribution in [3.8, 4) is 11.6 Å². The molecule has 2 aromatic heterocycles. The summed E-state index contributed by atoms with van der Waals surface area (Å²) >= 11 is 0. The first-order chi connectivity index (χ1) is 13.2. The summed E-state index contributed by atoms with van der Waals surface area (Å²) in [6.07, 6.45) is 1.27. The second-order valence-corrected chi connectivity index (χ2v) is 6.69. The Bertz CT molecular complexity index is 1200. The Morgan fingerprint density at radius 2 is 1.89 bits per heavy atom. The number of aliphatic imine (C=N–C) groups is 1. The summed E-state index contributed by atoms with van der Waals surface area (Å²) in [6, 6.07) is 5.33. The lowest BCUT2D eigenvalue weighted by atomic mass is 10.1. The van der Waals surface area contributed by atoms with E-state index in [1.54, 1.807) is 12.1 Å². The van der Waals surface area contributed by atoms with E-state index in [0.29, 0.717) is 23.6 Å². The van der Waals surface area contributed by atoms with Gasteiger partial charge in [0, 0.05) is 12.8 Å². The minimum absolute atomic E-state index is 0.0964. The van der Waals surface area contributed by atoms with E-state index in [-0.39, 0.29) is 5.56 Å². The maximum atomic E-state index is 12.3. The monoisotopic (exact) mass is 381 g/mol. The van der Waals surface area contributed by atoms with E-state index in [1.165, 1.54) is 6.21 Å². The zero-order valence-corrected chi connectivity index (χ0v) is 16.6. The Hall–Kier alpha value is -3.42. The number of aromatic nitrogens is 4. The lowest BCUT2D eigenvalue weighted by Crippen LogP contribution is -2.31. The van der Waals surface area contributed by atoms with Crippen LogP contribution in [0.4, 0.5) is 5.69 Å². The van der Waals surface area contributed by atoms with Crippen LogP contribution < -0.4 is 11.2 Å². The molecule has 2 heterocycles. The first-order valence-electron chi connectivity index (χ1n) is 8.98. The van der Waals surface area contributed by atoms with Crippen molar-refractivity contribution in [3.63, 3.8) is 0 Å². The molecule has 0 aliphatic rings. The van der Waals surface area contributed by atoms with Crippen molar-refractivity contribution >= 4 is 11.9 Å². The predicted molar refractivity (Wildman–Crippen MR) is 108 cm³/mol. The van der Waals surface area contributed by atoms with Gasteiger partial charge in [-0.05, 0) is 57.9 Å². The van der Waals surface area contributed by atoms with Gasteiger partial charge in [-0.1, -0.05) is 6.07 Å². The first-order valence-corrected chi connectivity index (χ1v) is 8.98. The molecule has 0 aliphatic heterocycles. The molecule has 0 bridgehead atoms. The van der Waals surface area contributed by atoms with E-state index in [0.717, 1.165) is 21.4 Å². The van der Waals surface area contributed by atoms with Crippen LogP contribution in [0.25, 0.3) is 5.69 Å². The SMILES string of the molecule is CCn1nc(C)c(N=Cc2c(O)n(-c3ccc(C)c(C)c3)c(=O)[nH]c2=O)c1C. The Kier molecular flexibility index (Phi) is 5.04. The van der Waals surface area contributed by atoms with Gasteiger partial charge in [-0.3, -0.25) is 19.5 Å². The summed E-state index contributed by atoms with van der Waals surface area (Å²) in [7, 11) is 0. The van der Waals surface area contributed by atoms with E-state index in [9.17, 15) is 14.7 Å². The lowest BCUT2D eigenvalue weighted by Gasteiger charge is -2.11. The van der Waals surface area contributed by atoms with Gasteiger partial charge in [0.15, 0.2) is 0 Å². The van der Waals surface area contributed by atoms with E-state index in [4.69, 9.17) is 0 Å². The highest BCUT2D eigenvalue weighted by molar-refractivity contribution is 5.84. The fraction of sp³-hybridized carbons (Fsp3) is 0.300. The number of benzene rings is 1. The summed E-state index contributed by atoms with van der Waals surface area (Å²) in [5, 5.41) is 15.0. The number of aromatic amines is 1. The van der Waals surface area contributed by atoms with Crippen LogP contribution in [0, 0.1) is 27.7 Å². The van der Waals surface area contributed by atoms with E-state index in [2.05, 4.69) is 15.1 Å². The van der Waals surface area contributed by atoms with Gasteiger partial charge < -0.3 is 5.11 Å². The molecule has 146 valence electrons. The van der Waals surface area contributed by atoms with Crippen LogP contribution in [0.2, 0.25) is 0 Å². The molecule has 0 aliphatic carbocycles. The molecular formula is C20H23N5O3. The lowest BCUT2D eigenvalue weighted by molar-refractivity contribution is 0.430. The average Bonchev–Trinajstić information content (AvgIpc) is 2.91. The number of aromatic hydroxyl groups is 1. The molecule has 0 unspecified atom stereocenters. The van der Waals surface area contributed by atoms with Gasteiger partial charge in [-0.15, -0.1) is 0 Å². The van der Waals surface area contributed by atoms with Crippen LogP contribution in [0.1, 0.15) is 35.0 Å². The number of nitrogens with zero attached hydrogens (tertiary/aromatic N) is 4. The van der Waals surface area contributed by atoms with Crippen LogP contribution in [-0.2, 0) is 6.54 Å². The van der Waals surface area contributed by atoms with Crippen LogP contribution in [-0.4, -0.2) is 30.7 Å². The molecule has 0 spiro atoms. The molecule has 28 heavy (non-hydrogen) atoms. The average molecular weight is 381 g/mol. The standard InChI is InChI=1S/C20H23N5O3/c1-6-24-14(5)17(13(4)23-24)21-10-16-18(26)22-20(28)25(19(16)27)15-8-7-11(2)12(3)9-15/h7-10,27H,6H2,1-5H3,(H,22,26,28). The van der Waals surface area contributed by atoms with Crippen LogP contribution in [0.5, 0.6) is 5.88 Å². The number of hydrogen-bond donors (Lipinski definition) is 2. The molecule has 0 saturated carbocycles. The first kappa shape index (κ1) is 19.3. The van der Waals surface area contributed by atoms with E-state index < -0.39 is 17.1 Å². The highest BCUT2D eigenvalue weighted by Crippen LogP contribution is 2.24. The topological polar surface area (TPSA) is 105 Å². The summed E-state index contributed by atoms with van der Waals surface area (Å²) in [5.41, 5.74) is 3.17. The summed E-state index contributed by atoms with van der Waals surface area (Å²) in [4.78, 5) is 31.2. The zero-order chi connectivity index (χ0) is 20.6. The summed E-state index contributed by atoms with van der Waals surface area (Å²) < 4.78 is 2.87. The van der Waals surface area contributed by atoms with Crippen LogP contribution in [0.15, 0.2) is 32.8 Å². The molecule has 0 fully saturated rings. The van der Waals surface area contributed by atoms with Gasteiger partial charge in [-0.25, -0.2) is 9.36 Å². The maximum Gasteiger partial charge on any atom is 0.335 e. The van der Waals surface area contributed by atoms with Crippen LogP contribution >= 0.6 is 0 Å². The molecule has 8 nitrogen and oxygen atoms in total. The third kappa shape index (κ3) is 3.28. The quantitative estimate of drug-likeness (QED) is 0.677. The van der Waals surface area contributed by atoms with Gasteiger partial charge in [0.25, 0.3) is 5.56 Å². The molecule has 1 aromatic carbocycles. The molecule has 8 heteroatoms. The molecule has 3 rings (SSSR count). The maximum absolute atomic E-state index is 12.3. The highest BCUT2D eigenvalue weighted by atomic mass is 16.3. The summed E-state index contributed by atoms with van der Waals surface area (Å²) in [5.74, 6) is -0.459. The molecule has 3 aromatic rings. The predicted octanol–water partition coefficient (Wildman–Crippen LogP) is 2.43. The Morgan fingerprint density at radius 1 is 1.18 bits per heavy atom. The second kappa shape index (κ2) is 7.30. The number of nitrogens with one attached hydrogen (secondary N) is 1. The number of hydrogen-bond acceptors (Lipinski definition) is 5. The Balaban J connectivity index is 2.15. The van der Waals surface area contributed by atoms with E-state index >= 15 is 0 Å². The molecule has 0 amide bonds.